The van der Waals surface area contributed by atoms with Gasteiger partial charge in [0.25, 0.3) is 5.91 Å². The maximum Gasteiger partial charge on any atom is 0.408 e. The highest BCUT2D eigenvalue weighted by Crippen LogP contribution is 2.32. The maximum atomic E-state index is 11.6. The molecule has 0 spiro atoms. The van der Waals surface area contributed by atoms with Crippen molar-refractivity contribution in [3.05, 3.63) is 0 Å². The molecule has 0 saturated heterocycles. The summed E-state index contributed by atoms with van der Waals surface area (Å²) in [5.74, 6) is -0.168. The van der Waals surface area contributed by atoms with Gasteiger partial charge >= 0.3 is 6.09 Å². The van der Waals surface area contributed by atoms with Gasteiger partial charge in [-0.3, -0.25) is 9.63 Å². The van der Waals surface area contributed by atoms with Gasteiger partial charge in [0.2, 0.25) is 0 Å². The molecule has 1 atom stereocenters. The van der Waals surface area contributed by atoms with Crippen LogP contribution < -0.4 is 10.8 Å². The van der Waals surface area contributed by atoms with Crippen LogP contribution in [0.15, 0.2) is 0 Å². The highest BCUT2D eigenvalue weighted by Gasteiger charge is 2.38. The van der Waals surface area contributed by atoms with Gasteiger partial charge in [-0.1, -0.05) is 0 Å². The Kier molecular flexibility index (Phi) is 4.34. The monoisotopic (exact) mass is 244 g/mol. The molecule has 2 amide bonds. The fourth-order valence-corrected chi connectivity index (χ4v) is 1.43. The standard InChI is InChI=1S/C11H20N2O4/c1-11(2,3)17-10(15)12-8(7-5-6-7)9(14)13-16-4/h7-8H,5-6H2,1-4H3,(H,12,15)(H,13,14)/t8-/m0/s1. The molecular formula is C11H20N2O4. The van der Waals surface area contributed by atoms with Crippen molar-refractivity contribution in [2.24, 2.45) is 5.92 Å². The van der Waals surface area contributed by atoms with Crippen LogP contribution in [0.25, 0.3) is 0 Å². The van der Waals surface area contributed by atoms with E-state index in [9.17, 15) is 9.59 Å². The summed E-state index contributed by atoms with van der Waals surface area (Å²) in [6.07, 6.45) is 1.27. The molecule has 0 unspecified atom stereocenters. The fourth-order valence-electron chi connectivity index (χ4n) is 1.43. The predicted octanol–water partition coefficient (Wildman–Crippen LogP) is 0.967. The lowest BCUT2D eigenvalue weighted by atomic mass is 10.2. The predicted molar refractivity (Wildman–Crippen MR) is 61.0 cm³/mol. The molecule has 0 radical (unpaired) electrons. The first-order valence-electron chi connectivity index (χ1n) is 5.66. The number of carbonyl (C=O) groups is 2. The largest absolute Gasteiger partial charge is 0.444 e. The third kappa shape index (κ3) is 5.04. The van der Waals surface area contributed by atoms with Crippen LogP contribution in [0.2, 0.25) is 0 Å². The lowest BCUT2D eigenvalue weighted by Crippen LogP contribution is -2.49. The lowest BCUT2D eigenvalue weighted by Gasteiger charge is -2.22. The molecule has 1 aliphatic carbocycles. The molecular weight excluding hydrogens is 224 g/mol. The van der Waals surface area contributed by atoms with E-state index in [0.29, 0.717) is 0 Å². The number of nitrogens with one attached hydrogen (secondary N) is 2. The molecule has 98 valence electrons. The Morgan fingerprint density at radius 3 is 2.29 bits per heavy atom. The van der Waals surface area contributed by atoms with Crippen molar-refractivity contribution in [3.8, 4) is 0 Å². The van der Waals surface area contributed by atoms with Crippen LogP contribution in [0.3, 0.4) is 0 Å². The van der Waals surface area contributed by atoms with Crippen molar-refractivity contribution in [2.45, 2.75) is 45.3 Å². The van der Waals surface area contributed by atoms with Crippen LogP contribution in [0, 0.1) is 5.92 Å². The molecule has 0 heterocycles. The summed E-state index contributed by atoms with van der Waals surface area (Å²) in [4.78, 5) is 27.7. The van der Waals surface area contributed by atoms with Gasteiger partial charge in [0, 0.05) is 0 Å². The Balaban J connectivity index is 2.49. The molecule has 1 fully saturated rings. The van der Waals surface area contributed by atoms with Crippen molar-refractivity contribution >= 4 is 12.0 Å². The van der Waals surface area contributed by atoms with E-state index in [0.717, 1.165) is 12.8 Å². The summed E-state index contributed by atoms with van der Waals surface area (Å²) in [7, 11) is 1.36. The Morgan fingerprint density at radius 1 is 1.29 bits per heavy atom. The minimum absolute atomic E-state index is 0.178. The minimum Gasteiger partial charge on any atom is -0.444 e. The van der Waals surface area contributed by atoms with Crippen LogP contribution in [0.1, 0.15) is 33.6 Å². The number of hydroxylamine groups is 1. The Hall–Kier alpha value is -1.30. The number of amides is 2. The molecule has 17 heavy (non-hydrogen) atoms. The average Bonchev–Trinajstić information content (AvgIpc) is 2.94. The maximum absolute atomic E-state index is 11.6. The van der Waals surface area contributed by atoms with Crippen molar-refractivity contribution in [1.82, 2.24) is 10.8 Å². The van der Waals surface area contributed by atoms with Gasteiger partial charge in [0.05, 0.1) is 7.11 Å². The summed E-state index contributed by atoms with van der Waals surface area (Å²) < 4.78 is 5.10. The van der Waals surface area contributed by atoms with E-state index in [4.69, 9.17) is 4.74 Å². The molecule has 6 heteroatoms. The zero-order valence-electron chi connectivity index (χ0n) is 10.7. The number of hydrogen-bond donors (Lipinski definition) is 2. The highest BCUT2D eigenvalue weighted by atomic mass is 16.6. The summed E-state index contributed by atoms with van der Waals surface area (Å²) in [5.41, 5.74) is 1.65. The van der Waals surface area contributed by atoms with Gasteiger partial charge in [-0.15, -0.1) is 0 Å². The number of alkyl carbamates (subject to hydrolysis) is 1. The van der Waals surface area contributed by atoms with E-state index >= 15 is 0 Å². The second-order valence-corrected chi connectivity index (χ2v) is 5.13. The van der Waals surface area contributed by atoms with Crippen molar-refractivity contribution in [2.75, 3.05) is 7.11 Å². The molecule has 6 nitrogen and oxygen atoms in total. The van der Waals surface area contributed by atoms with Crippen molar-refractivity contribution in [3.63, 3.8) is 0 Å². The average molecular weight is 244 g/mol. The van der Waals surface area contributed by atoms with Gasteiger partial charge in [-0.05, 0) is 39.5 Å². The van der Waals surface area contributed by atoms with E-state index in [1.54, 1.807) is 20.8 Å². The molecule has 1 saturated carbocycles. The van der Waals surface area contributed by atoms with Crippen LogP contribution in [-0.4, -0.2) is 30.8 Å². The number of rotatable bonds is 4. The molecule has 2 N–H and O–H groups in total. The second-order valence-electron chi connectivity index (χ2n) is 5.13. The van der Waals surface area contributed by atoms with Gasteiger partial charge in [-0.25, -0.2) is 10.3 Å². The third-order valence-electron chi connectivity index (χ3n) is 2.25. The number of hydrogen-bond acceptors (Lipinski definition) is 4. The van der Waals surface area contributed by atoms with E-state index in [2.05, 4.69) is 15.6 Å². The first-order chi connectivity index (χ1) is 7.83. The smallest absolute Gasteiger partial charge is 0.408 e. The summed E-state index contributed by atoms with van der Waals surface area (Å²) in [6, 6.07) is -0.579. The van der Waals surface area contributed by atoms with E-state index in [1.165, 1.54) is 7.11 Å². The quantitative estimate of drug-likeness (QED) is 0.722. The minimum atomic E-state index is -0.583. The molecule has 1 aliphatic rings. The topological polar surface area (TPSA) is 76.7 Å². The van der Waals surface area contributed by atoms with Gasteiger partial charge < -0.3 is 10.1 Å². The number of carbonyl (C=O) groups excluding carboxylic acids is 2. The Morgan fingerprint density at radius 2 is 1.88 bits per heavy atom. The van der Waals surface area contributed by atoms with Crippen LogP contribution in [0.5, 0.6) is 0 Å². The Labute approximate surface area is 101 Å². The molecule has 0 aliphatic heterocycles. The summed E-state index contributed by atoms with van der Waals surface area (Å²) in [6.45, 7) is 5.32. The molecule has 0 aromatic rings. The van der Waals surface area contributed by atoms with Gasteiger partial charge in [0.1, 0.15) is 11.6 Å². The second kappa shape index (κ2) is 5.35. The number of ether oxygens (including phenoxy) is 1. The summed E-state index contributed by atoms with van der Waals surface area (Å²) >= 11 is 0. The molecule has 0 bridgehead atoms. The SMILES string of the molecule is CONC(=O)[C@@H](NC(=O)OC(C)(C)C)C1CC1. The van der Waals surface area contributed by atoms with Gasteiger partial charge in [0.15, 0.2) is 0 Å². The normalized spacial score (nSPS) is 17.2. The van der Waals surface area contributed by atoms with Crippen LogP contribution >= 0.6 is 0 Å². The zero-order chi connectivity index (χ0) is 13.1. The molecule has 1 rings (SSSR count). The highest BCUT2D eigenvalue weighted by molar-refractivity contribution is 5.85. The first-order valence-corrected chi connectivity index (χ1v) is 5.66. The zero-order valence-corrected chi connectivity index (χ0v) is 10.7. The molecule has 0 aromatic heterocycles. The van der Waals surface area contributed by atoms with Gasteiger partial charge in [-0.2, -0.15) is 0 Å². The van der Waals surface area contributed by atoms with E-state index in [-0.39, 0.29) is 11.8 Å². The fraction of sp³-hybridized carbons (Fsp3) is 0.818. The van der Waals surface area contributed by atoms with E-state index < -0.39 is 17.7 Å². The summed E-state index contributed by atoms with van der Waals surface area (Å²) in [5, 5.41) is 2.57. The molecule has 0 aromatic carbocycles. The van der Waals surface area contributed by atoms with Crippen molar-refractivity contribution in [1.29, 1.82) is 0 Å². The van der Waals surface area contributed by atoms with E-state index in [1.807, 2.05) is 0 Å². The first kappa shape index (κ1) is 13.8. The van der Waals surface area contributed by atoms with Crippen LogP contribution in [0.4, 0.5) is 4.79 Å². The lowest BCUT2D eigenvalue weighted by molar-refractivity contribution is -0.134. The van der Waals surface area contributed by atoms with Crippen molar-refractivity contribution < 1.29 is 19.2 Å². The Bertz CT molecular complexity index is 294. The van der Waals surface area contributed by atoms with Crippen LogP contribution in [-0.2, 0) is 14.4 Å². The third-order valence-corrected chi connectivity index (χ3v) is 2.25.